The molecule has 1 aliphatic rings. The smallest absolute Gasteiger partial charge is 0.0934 e. The van der Waals surface area contributed by atoms with Crippen LogP contribution in [0.3, 0.4) is 0 Å². The predicted molar refractivity (Wildman–Crippen MR) is 74.6 cm³/mol. The molecule has 0 spiro atoms. The van der Waals surface area contributed by atoms with Gasteiger partial charge >= 0.3 is 0 Å². The Morgan fingerprint density at radius 2 is 2.00 bits per heavy atom. The number of thiazole rings is 1. The van der Waals surface area contributed by atoms with Gasteiger partial charge < -0.3 is 5.32 Å². The zero-order valence-electron chi connectivity index (χ0n) is 11.4. The zero-order valence-corrected chi connectivity index (χ0v) is 12.2. The minimum absolute atomic E-state index is 0.545. The maximum Gasteiger partial charge on any atom is 0.0934 e. The van der Waals surface area contributed by atoms with Gasteiger partial charge in [-0.1, -0.05) is 27.7 Å². The molecule has 1 aromatic heterocycles. The molecule has 96 valence electrons. The highest BCUT2D eigenvalue weighted by Crippen LogP contribution is 2.35. The molecule has 0 saturated heterocycles. The number of rotatable bonds is 6. The molecule has 1 saturated carbocycles. The first-order valence-corrected chi connectivity index (χ1v) is 7.59. The lowest BCUT2D eigenvalue weighted by atomic mass is 10.1. The Morgan fingerprint density at radius 3 is 2.53 bits per heavy atom. The van der Waals surface area contributed by atoms with Gasteiger partial charge in [-0.15, -0.1) is 11.3 Å². The summed E-state index contributed by atoms with van der Waals surface area (Å²) in [4.78, 5) is 6.29. The van der Waals surface area contributed by atoms with E-state index in [1.54, 1.807) is 0 Å². The van der Waals surface area contributed by atoms with Crippen LogP contribution in [-0.2, 0) is 13.0 Å². The lowest BCUT2D eigenvalue weighted by Gasteiger charge is -2.09. The standard InChI is InChI=1S/C14H24N2S/c1-9(2)14-12(8-15-10(3)4)17-13(16-14)7-11-5-6-11/h9-11,15H,5-8H2,1-4H3. The minimum atomic E-state index is 0.545. The highest BCUT2D eigenvalue weighted by molar-refractivity contribution is 7.11. The third kappa shape index (κ3) is 3.78. The molecule has 1 aromatic rings. The molecule has 1 aliphatic carbocycles. The van der Waals surface area contributed by atoms with Gasteiger partial charge in [-0.25, -0.2) is 4.98 Å². The SMILES string of the molecule is CC(C)NCc1sc(CC2CC2)nc1C(C)C. The van der Waals surface area contributed by atoms with Crippen LogP contribution < -0.4 is 5.32 Å². The van der Waals surface area contributed by atoms with Crippen LogP contribution in [0.1, 0.15) is 62.0 Å². The fraction of sp³-hybridized carbons (Fsp3) is 0.786. The van der Waals surface area contributed by atoms with E-state index in [2.05, 4.69) is 33.0 Å². The summed E-state index contributed by atoms with van der Waals surface area (Å²) in [5, 5.41) is 4.87. The van der Waals surface area contributed by atoms with Gasteiger partial charge in [0, 0.05) is 23.9 Å². The Hall–Kier alpha value is -0.410. The average Bonchev–Trinajstić information content (AvgIpc) is 2.94. The van der Waals surface area contributed by atoms with Crippen LogP contribution in [-0.4, -0.2) is 11.0 Å². The Bertz CT molecular complexity index is 364. The van der Waals surface area contributed by atoms with Gasteiger partial charge in [0.15, 0.2) is 0 Å². The fourth-order valence-electron chi connectivity index (χ4n) is 1.94. The van der Waals surface area contributed by atoms with Gasteiger partial charge in [0.25, 0.3) is 0 Å². The topological polar surface area (TPSA) is 24.9 Å². The second kappa shape index (κ2) is 5.49. The van der Waals surface area contributed by atoms with Crippen molar-refractivity contribution in [3.05, 3.63) is 15.6 Å². The van der Waals surface area contributed by atoms with E-state index in [1.165, 1.54) is 34.8 Å². The van der Waals surface area contributed by atoms with Gasteiger partial charge in [0.1, 0.15) is 0 Å². The molecule has 1 N–H and O–H groups in total. The molecule has 1 fully saturated rings. The van der Waals surface area contributed by atoms with Crippen molar-refractivity contribution < 1.29 is 0 Å². The summed E-state index contributed by atoms with van der Waals surface area (Å²) in [7, 11) is 0. The van der Waals surface area contributed by atoms with Crippen LogP contribution >= 0.6 is 11.3 Å². The van der Waals surface area contributed by atoms with E-state index in [0.29, 0.717) is 12.0 Å². The Balaban J connectivity index is 2.06. The van der Waals surface area contributed by atoms with Crippen molar-refractivity contribution in [1.29, 1.82) is 0 Å². The maximum absolute atomic E-state index is 4.85. The highest BCUT2D eigenvalue weighted by Gasteiger charge is 2.24. The van der Waals surface area contributed by atoms with E-state index < -0.39 is 0 Å². The number of nitrogens with one attached hydrogen (secondary N) is 1. The van der Waals surface area contributed by atoms with Gasteiger partial charge in [-0.2, -0.15) is 0 Å². The summed E-state index contributed by atoms with van der Waals surface area (Å²) < 4.78 is 0. The molecule has 2 nitrogen and oxygen atoms in total. The van der Waals surface area contributed by atoms with E-state index in [9.17, 15) is 0 Å². The fourth-order valence-corrected chi connectivity index (χ4v) is 3.23. The van der Waals surface area contributed by atoms with E-state index in [1.807, 2.05) is 11.3 Å². The lowest BCUT2D eigenvalue weighted by Crippen LogP contribution is -2.22. The summed E-state index contributed by atoms with van der Waals surface area (Å²) in [6.07, 6.45) is 4.04. The molecule has 0 bridgehead atoms. The molecule has 0 radical (unpaired) electrons. The van der Waals surface area contributed by atoms with E-state index >= 15 is 0 Å². The van der Waals surface area contributed by atoms with Gasteiger partial charge in [-0.05, 0) is 24.7 Å². The van der Waals surface area contributed by atoms with E-state index in [0.717, 1.165) is 12.5 Å². The van der Waals surface area contributed by atoms with Crippen molar-refractivity contribution in [3.63, 3.8) is 0 Å². The molecule has 1 heterocycles. The third-order valence-electron chi connectivity index (χ3n) is 3.15. The summed E-state index contributed by atoms with van der Waals surface area (Å²) >= 11 is 1.92. The Labute approximate surface area is 109 Å². The monoisotopic (exact) mass is 252 g/mol. The molecule has 0 amide bonds. The molecule has 0 aromatic carbocycles. The minimum Gasteiger partial charge on any atom is -0.310 e. The van der Waals surface area contributed by atoms with Gasteiger partial charge in [0.2, 0.25) is 0 Å². The summed E-state index contributed by atoms with van der Waals surface area (Å²) in [5.74, 6) is 1.48. The van der Waals surface area contributed by atoms with Crippen molar-refractivity contribution in [2.75, 3.05) is 0 Å². The van der Waals surface area contributed by atoms with Crippen molar-refractivity contribution in [1.82, 2.24) is 10.3 Å². The summed E-state index contributed by atoms with van der Waals surface area (Å²) in [6, 6.07) is 0.545. The number of hydrogen-bond donors (Lipinski definition) is 1. The summed E-state index contributed by atoms with van der Waals surface area (Å²) in [5.41, 5.74) is 1.32. The Morgan fingerprint density at radius 1 is 1.29 bits per heavy atom. The van der Waals surface area contributed by atoms with Crippen LogP contribution in [0.2, 0.25) is 0 Å². The average molecular weight is 252 g/mol. The van der Waals surface area contributed by atoms with Gasteiger partial charge in [-0.3, -0.25) is 0 Å². The second-order valence-electron chi connectivity index (χ2n) is 5.75. The van der Waals surface area contributed by atoms with Crippen LogP contribution in [0.5, 0.6) is 0 Å². The van der Waals surface area contributed by atoms with E-state index in [4.69, 9.17) is 4.98 Å². The van der Waals surface area contributed by atoms with Crippen molar-refractivity contribution in [2.24, 2.45) is 5.92 Å². The highest BCUT2D eigenvalue weighted by atomic mass is 32.1. The van der Waals surface area contributed by atoms with Crippen molar-refractivity contribution in [2.45, 2.75) is 65.5 Å². The molecule has 0 aliphatic heterocycles. The largest absolute Gasteiger partial charge is 0.310 e. The molecular weight excluding hydrogens is 228 g/mol. The van der Waals surface area contributed by atoms with Crippen molar-refractivity contribution >= 4 is 11.3 Å². The molecule has 17 heavy (non-hydrogen) atoms. The summed E-state index contributed by atoms with van der Waals surface area (Å²) in [6.45, 7) is 9.86. The van der Waals surface area contributed by atoms with Crippen LogP contribution in [0.4, 0.5) is 0 Å². The first kappa shape index (κ1) is 13.0. The van der Waals surface area contributed by atoms with Crippen LogP contribution in [0.25, 0.3) is 0 Å². The first-order valence-electron chi connectivity index (χ1n) is 6.78. The van der Waals surface area contributed by atoms with Gasteiger partial charge in [0.05, 0.1) is 10.7 Å². The lowest BCUT2D eigenvalue weighted by molar-refractivity contribution is 0.588. The molecule has 0 unspecified atom stereocenters. The van der Waals surface area contributed by atoms with Crippen molar-refractivity contribution in [3.8, 4) is 0 Å². The molecule has 3 heteroatoms. The molecule has 0 atom stereocenters. The predicted octanol–water partition coefficient (Wildman–Crippen LogP) is 3.72. The normalized spacial score (nSPS) is 16.1. The number of nitrogens with zero attached hydrogens (tertiary/aromatic N) is 1. The quantitative estimate of drug-likeness (QED) is 0.834. The number of aromatic nitrogens is 1. The number of hydrogen-bond acceptors (Lipinski definition) is 3. The molecular formula is C14H24N2S. The van der Waals surface area contributed by atoms with E-state index in [-0.39, 0.29) is 0 Å². The zero-order chi connectivity index (χ0) is 12.4. The first-order chi connectivity index (χ1) is 8.06. The maximum atomic E-state index is 4.85. The Kier molecular flexibility index (Phi) is 4.21. The third-order valence-corrected chi connectivity index (χ3v) is 4.24. The van der Waals surface area contributed by atoms with Crippen LogP contribution in [0.15, 0.2) is 0 Å². The van der Waals surface area contributed by atoms with Crippen LogP contribution in [0, 0.1) is 5.92 Å². The second-order valence-corrected chi connectivity index (χ2v) is 6.92. The molecule has 2 rings (SSSR count).